The minimum absolute atomic E-state index is 0.00145. The first-order valence-corrected chi connectivity index (χ1v) is 11.6. The van der Waals surface area contributed by atoms with Gasteiger partial charge in [-0.05, 0) is 46.2 Å². The smallest absolute Gasteiger partial charge is 0.112 e. The Morgan fingerprint density at radius 3 is 1.78 bits per heavy atom. The molecule has 2 aliphatic rings. The fourth-order valence-electron chi connectivity index (χ4n) is 5.49. The van der Waals surface area contributed by atoms with Crippen molar-refractivity contribution in [2.75, 3.05) is 6.54 Å². The lowest BCUT2D eigenvalue weighted by molar-refractivity contribution is 0.0176. The molecule has 0 N–H and O–H groups in total. The highest BCUT2D eigenvalue weighted by molar-refractivity contribution is 5.70. The molecule has 0 amide bonds. The van der Waals surface area contributed by atoms with Gasteiger partial charge in [0.25, 0.3) is 0 Å². The van der Waals surface area contributed by atoms with Crippen molar-refractivity contribution in [2.45, 2.75) is 31.2 Å². The van der Waals surface area contributed by atoms with Crippen molar-refractivity contribution < 1.29 is 4.74 Å². The number of ether oxygens (including phenoxy) is 1. The molecule has 2 fully saturated rings. The molecule has 0 radical (unpaired) electrons. The Labute approximate surface area is 190 Å². The van der Waals surface area contributed by atoms with Crippen LogP contribution in [0, 0.1) is 0 Å². The van der Waals surface area contributed by atoms with E-state index in [9.17, 15) is 0 Å². The van der Waals surface area contributed by atoms with Crippen LogP contribution >= 0.6 is 0 Å². The van der Waals surface area contributed by atoms with E-state index in [4.69, 9.17) is 4.74 Å². The van der Waals surface area contributed by atoms with Crippen molar-refractivity contribution in [3.63, 3.8) is 0 Å². The van der Waals surface area contributed by atoms with Crippen LogP contribution in [0.2, 0.25) is 0 Å². The van der Waals surface area contributed by atoms with Gasteiger partial charge in [-0.15, -0.1) is 0 Å². The van der Waals surface area contributed by atoms with Crippen molar-refractivity contribution in [1.29, 1.82) is 0 Å². The fourth-order valence-corrected chi connectivity index (χ4v) is 5.49. The topological polar surface area (TPSA) is 12.5 Å². The van der Waals surface area contributed by atoms with Crippen LogP contribution in [0.4, 0.5) is 0 Å². The quantitative estimate of drug-likeness (QED) is 0.347. The summed E-state index contributed by atoms with van der Waals surface area (Å²) >= 11 is 0. The Balaban J connectivity index is 1.50. The van der Waals surface area contributed by atoms with Crippen LogP contribution in [0.1, 0.15) is 36.1 Å². The fraction of sp³-hybridized carbons (Fsp3) is 0.200. The van der Waals surface area contributed by atoms with Crippen LogP contribution < -0.4 is 0 Å². The first-order valence-electron chi connectivity index (χ1n) is 11.6. The molecule has 2 nitrogen and oxygen atoms in total. The largest absolute Gasteiger partial charge is 0.353 e. The summed E-state index contributed by atoms with van der Waals surface area (Å²) in [5, 5.41) is 0. The molecule has 32 heavy (non-hydrogen) atoms. The average Bonchev–Trinajstić information content (AvgIpc) is 3.47. The minimum atomic E-state index is 0.00145. The number of rotatable bonds is 4. The van der Waals surface area contributed by atoms with Gasteiger partial charge in [0.2, 0.25) is 0 Å². The lowest BCUT2D eigenvalue weighted by Gasteiger charge is -2.28. The van der Waals surface area contributed by atoms with E-state index in [1.54, 1.807) is 0 Å². The van der Waals surface area contributed by atoms with E-state index in [-0.39, 0.29) is 18.4 Å². The Hall–Kier alpha value is -3.20. The van der Waals surface area contributed by atoms with Crippen LogP contribution in [0.5, 0.6) is 0 Å². The molecule has 0 saturated carbocycles. The summed E-state index contributed by atoms with van der Waals surface area (Å²) in [6, 6.07) is 39.3. The van der Waals surface area contributed by atoms with Gasteiger partial charge in [-0.25, -0.2) is 0 Å². The van der Waals surface area contributed by atoms with E-state index < -0.39 is 0 Å². The van der Waals surface area contributed by atoms with E-state index in [1.165, 1.54) is 39.8 Å². The van der Waals surface area contributed by atoms with E-state index in [0.29, 0.717) is 0 Å². The van der Waals surface area contributed by atoms with Gasteiger partial charge in [0.05, 0.1) is 6.04 Å². The molecule has 2 heterocycles. The van der Waals surface area contributed by atoms with E-state index >= 15 is 0 Å². The SMILES string of the molecule is c1ccc(-c2ccccc2[C@H]2O[C@H]3CCCN3[C@@H]2c2ccccc2-c2ccccc2)cc1. The molecule has 6 rings (SSSR count). The molecule has 4 aromatic rings. The number of fused-ring (bicyclic) bond motifs is 1. The lowest BCUT2D eigenvalue weighted by atomic mass is 9.86. The molecule has 3 atom stereocenters. The molecule has 0 spiro atoms. The lowest BCUT2D eigenvalue weighted by Crippen LogP contribution is -2.27. The van der Waals surface area contributed by atoms with Gasteiger partial charge in [0.1, 0.15) is 12.3 Å². The molecule has 4 aromatic carbocycles. The molecule has 158 valence electrons. The third-order valence-corrected chi connectivity index (χ3v) is 6.90. The summed E-state index contributed by atoms with van der Waals surface area (Å²) in [5.74, 6) is 0. The van der Waals surface area contributed by atoms with Crippen molar-refractivity contribution in [3.8, 4) is 22.3 Å². The molecule has 2 saturated heterocycles. The first kappa shape index (κ1) is 19.5. The van der Waals surface area contributed by atoms with Gasteiger partial charge in [-0.2, -0.15) is 0 Å². The maximum absolute atomic E-state index is 6.82. The van der Waals surface area contributed by atoms with Crippen molar-refractivity contribution in [2.24, 2.45) is 0 Å². The molecular weight excluding hydrogens is 390 g/mol. The maximum Gasteiger partial charge on any atom is 0.112 e. The number of benzene rings is 4. The normalized spacial score (nSPS) is 22.7. The van der Waals surface area contributed by atoms with Gasteiger partial charge in [-0.3, -0.25) is 4.90 Å². The van der Waals surface area contributed by atoms with Gasteiger partial charge in [-0.1, -0.05) is 109 Å². The highest BCUT2D eigenvalue weighted by atomic mass is 16.5. The first-order chi connectivity index (χ1) is 15.9. The van der Waals surface area contributed by atoms with Crippen molar-refractivity contribution in [3.05, 3.63) is 120 Å². The third-order valence-electron chi connectivity index (χ3n) is 6.90. The van der Waals surface area contributed by atoms with Gasteiger partial charge in [0.15, 0.2) is 0 Å². The standard InChI is InChI=1S/C30H27NO/c1-3-12-22(13-4-1)24-16-7-9-18-26(24)29-30(32-28-20-11-21-31(28)29)27-19-10-8-17-25(27)23-14-5-2-6-15-23/h1-10,12-19,28-30H,11,20-21H2/t28-,29+,30+/m0/s1. The summed E-state index contributed by atoms with van der Waals surface area (Å²) in [4.78, 5) is 2.59. The molecule has 0 unspecified atom stereocenters. The van der Waals surface area contributed by atoms with Crippen LogP contribution in [0.25, 0.3) is 22.3 Å². The van der Waals surface area contributed by atoms with Crippen LogP contribution in [0.15, 0.2) is 109 Å². The third kappa shape index (κ3) is 3.37. The molecule has 2 aliphatic heterocycles. The monoisotopic (exact) mass is 417 g/mol. The summed E-state index contributed by atoms with van der Waals surface area (Å²) in [6.45, 7) is 1.09. The molecule has 0 bridgehead atoms. The minimum Gasteiger partial charge on any atom is -0.353 e. The second-order valence-electron chi connectivity index (χ2n) is 8.74. The van der Waals surface area contributed by atoms with Crippen molar-refractivity contribution >= 4 is 0 Å². The highest BCUT2D eigenvalue weighted by Crippen LogP contribution is 2.51. The molecule has 0 aliphatic carbocycles. The zero-order chi connectivity index (χ0) is 21.3. The summed E-state index contributed by atoms with van der Waals surface area (Å²) in [5.41, 5.74) is 7.71. The van der Waals surface area contributed by atoms with E-state index in [0.717, 1.165) is 13.0 Å². The van der Waals surface area contributed by atoms with Gasteiger partial charge < -0.3 is 4.74 Å². The van der Waals surface area contributed by atoms with Gasteiger partial charge in [0, 0.05) is 6.54 Å². The Bertz CT molecular complexity index is 1200. The average molecular weight is 418 g/mol. The predicted molar refractivity (Wildman–Crippen MR) is 130 cm³/mol. The molecule has 2 heteroatoms. The number of hydrogen-bond donors (Lipinski definition) is 0. The van der Waals surface area contributed by atoms with E-state index in [1.807, 2.05) is 0 Å². The second kappa shape index (κ2) is 8.38. The maximum atomic E-state index is 6.82. The Morgan fingerprint density at radius 2 is 1.12 bits per heavy atom. The van der Waals surface area contributed by atoms with Gasteiger partial charge >= 0.3 is 0 Å². The zero-order valence-electron chi connectivity index (χ0n) is 18.1. The number of nitrogens with zero attached hydrogens (tertiary/aromatic N) is 1. The molecular formula is C30H27NO. The van der Waals surface area contributed by atoms with Crippen LogP contribution in [-0.2, 0) is 4.74 Å². The highest BCUT2D eigenvalue weighted by Gasteiger charge is 2.47. The predicted octanol–water partition coefficient (Wildman–Crippen LogP) is 7.26. The zero-order valence-corrected chi connectivity index (χ0v) is 18.1. The van der Waals surface area contributed by atoms with Crippen LogP contribution in [0.3, 0.4) is 0 Å². The van der Waals surface area contributed by atoms with Crippen molar-refractivity contribution in [1.82, 2.24) is 4.90 Å². The second-order valence-corrected chi connectivity index (χ2v) is 8.74. The van der Waals surface area contributed by atoms with Crippen LogP contribution in [-0.4, -0.2) is 17.7 Å². The molecule has 0 aromatic heterocycles. The summed E-state index contributed by atoms with van der Waals surface area (Å²) in [6.07, 6.45) is 2.50. The number of hydrogen-bond acceptors (Lipinski definition) is 2. The Morgan fingerprint density at radius 1 is 0.594 bits per heavy atom. The van der Waals surface area contributed by atoms with E-state index in [2.05, 4.69) is 114 Å². The Kier molecular flexibility index (Phi) is 5.10. The summed E-state index contributed by atoms with van der Waals surface area (Å²) in [7, 11) is 0. The summed E-state index contributed by atoms with van der Waals surface area (Å²) < 4.78 is 6.82.